The summed E-state index contributed by atoms with van der Waals surface area (Å²) in [7, 11) is 3.16. The molecule has 1 saturated carbocycles. The summed E-state index contributed by atoms with van der Waals surface area (Å²) in [6, 6.07) is 10.8. The summed E-state index contributed by atoms with van der Waals surface area (Å²) in [4.78, 5) is 43.9. The molecular weight excluding hydrogens is 526 g/mol. The van der Waals surface area contributed by atoms with Crippen LogP contribution in [0.1, 0.15) is 70.4 Å². The number of hydrogen-bond donors (Lipinski definition) is 0. The van der Waals surface area contributed by atoms with Crippen molar-refractivity contribution in [1.29, 1.82) is 0 Å². The lowest BCUT2D eigenvalue weighted by atomic mass is 9.66. The number of ketones is 1. The van der Waals surface area contributed by atoms with Crippen LogP contribution in [-0.4, -0.2) is 50.4 Å². The molecule has 9 heteroatoms. The molecule has 0 radical (unpaired) electrons. The highest BCUT2D eigenvalue weighted by Crippen LogP contribution is 2.48. The number of aliphatic imine (C=N–C) groups is 1. The van der Waals surface area contributed by atoms with E-state index < -0.39 is 23.8 Å². The van der Waals surface area contributed by atoms with E-state index in [-0.39, 0.29) is 30.0 Å². The van der Waals surface area contributed by atoms with Gasteiger partial charge in [-0.15, -0.1) is 0 Å². The number of ether oxygens (including phenoxy) is 5. The molecular formula is C32H37NO8. The predicted molar refractivity (Wildman–Crippen MR) is 153 cm³/mol. The van der Waals surface area contributed by atoms with Gasteiger partial charge in [0.15, 0.2) is 23.0 Å². The van der Waals surface area contributed by atoms with Crippen LogP contribution in [-0.2, 0) is 19.1 Å². The van der Waals surface area contributed by atoms with Crippen LogP contribution in [0.4, 0.5) is 0 Å². The van der Waals surface area contributed by atoms with Crippen molar-refractivity contribution < 1.29 is 38.1 Å². The fourth-order valence-electron chi connectivity index (χ4n) is 5.65. The van der Waals surface area contributed by atoms with Gasteiger partial charge in [-0.25, -0.2) is 4.79 Å². The first-order valence-electron chi connectivity index (χ1n) is 13.8. The lowest BCUT2D eigenvalue weighted by Crippen LogP contribution is -2.41. The molecule has 3 atom stereocenters. The number of benzene rings is 2. The van der Waals surface area contributed by atoms with Crippen molar-refractivity contribution in [2.75, 3.05) is 20.8 Å². The third-order valence-corrected chi connectivity index (χ3v) is 7.28. The number of nitrogens with zero attached hydrogens (tertiary/aromatic N) is 1. The molecule has 9 nitrogen and oxygen atoms in total. The van der Waals surface area contributed by atoms with Crippen molar-refractivity contribution in [1.82, 2.24) is 0 Å². The van der Waals surface area contributed by atoms with Gasteiger partial charge in [0.1, 0.15) is 5.78 Å². The van der Waals surface area contributed by atoms with Gasteiger partial charge in [-0.3, -0.25) is 14.6 Å². The Balaban J connectivity index is 1.80. The number of Topliss-reactive ketones (excluding diaryl/α,β-unsaturated/α-hetero) is 1. The Kier molecular flexibility index (Phi) is 9.15. The molecule has 2 aromatic carbocycles. The fraction of sp³-hybridized carbons (Fsp3) is 0.438. The number of esters is 2. The van der Waals surface area contributed by atoms with Crippen molar-refractivity contribution in [3.05, 3.63) is 58.8 Å². The number of fused-ring (bicyclic) bond motifs is 1. The first-order valence-corrected chi connectivity index (χ1v) is 13.8. The summed E-state index contributed by atoms with van der Waals surface area (Å²) >= 11 is 0. The minimum absolute atomic E-state index is 0.0239. The monoisotopic (exact) mass is 563 g/mol. The molecule has 0 aromatic heterocycles. The van der Waals surface area contributed by atoms with Crippen molar-refractivity contribution in [3.63, 3.8) is 0 Å². The zero-order chi connectivity index (χ0) is 29.8. The second-order valence-electron chi connectivity index (χ2n) is 10.4. The minimum atomic E-state index is -0.654. The average molecular weight is 564 g/mol. The Hall–Kier alpha value is -4.14. The SMILES string of the molecule is CCOc1cc([C@@H]2C(C(=O)OC(C)C)=C(C)N=C3C[C@H](c4ccc(OC)c(OC)c4)CC(=O)C32)ccc1OC(C)=O. The van der Waals surface area contributed by atoms with Gasteiger partial charge in [0.05, 0.1) is 38.4 Å². The molecule has 0 saturated heterocycles. The van der Waals surface area contributed by atoms with Gasteiger partial charge in [-0.05, 0) is 75.4 Å². The highest BCUT2D eigenvalue weighted by Gasteiger charge is 2.46. The van der Waals surface area contributed by atoms with Crippen LogP contribution in [0.2, 0.25) is 0 Å². The molecule has 0 N–H and O–H groups in total. The molecule has 4 rings (SSSR count). The molecule has 218 valence electrons. The predicted octanol–water partition coefficient (Wildman–Crippen LogP) is 5.55. The van der Waals surface area contributed by atoms with Crippen LogP contribution in [0, 0.1) is 5.92 Å². The zero-order valence-electron chi connectivity index (χ0n) is 24.6. The van der Waals surface area contributed by atoms with E-state index in [0.29, 0.717) is 52.8 Å². The molecule has 41 heavy (non-hydrogen) atoms. The standard InChI is InChI=1S/C32H37NO8/c1-8-39-28-16-21(10-12-26(28)41-19(5)34)30-29(32(36)40-17(2)3)18(4)33-23-13-22(14-24(35)31(23)30)20-9-11-25(37-6)27(15-20)38-7/h9-12,15-17,22,30-31H,8,13-14H2,1-7H3/t22-,30+,31?/m0/s1. The smallest absolute Gasteiger partial charge is 0.336 e. The van der Waals surface area contributed by atoms with Crippen LogP contribution in [0.25, 0.3) is 0 Å². The van der Waals surface area contributed by atoms with Crippen LogP contribution < -0.4 is 18.9 Å². The maximum Gasteiger partial charge on any atom is 0.336 e. The van der Waals surface area contributed by atoms with Crippen molar-refractivity contribution in [2.45, 2.75) is 65.4 Å². The van der Waals surface area contributed by atoms with Crippen molar-refractivity contribution in [3.8, 4) is 23.0 Å². The maximum atomic E-state index is 14.0. The van der Waals surface area contributed by atoms with Gasteiger partial charge in [0, 0.05) is 30.7 Å². The molecule has 0 amide bonds. The Bertz CT molecular complexity index is 1410. The largest absolute Gasteiger partial charge is 0.493 e. The third kappa shape index (κ3) is 6.29. The van der Waals surface area contributed by atoms with Crippen LogP contribution >= 0.6 is 0 Å². The van der Waals surface area contributed by atoms with E-state index in [1.807, 2.05) is 25.1 Å². The normalized spacial score (nSPS) is 20.2. The average Bonchev–Trinajstić information content (AvgIpc) is 2.92. The molecule has 0 bridgehead atoms. The number of carbonyl (C=O) groups is 3. The van der Waals surface area contributed by atoms with Gasteiger partial charge in [-0.2, -0.15) is 0 Å². The topological polar surface area (TPSA) is 110 Å². The second kappa shape index (κ2) is 12.6. The van der Waals surface area contributed by atoms with Crippen LogP contribution in [0.15, 0.2) is 52.7 Å². The molecule has 1 aliphatic heterocycles. The molecule has 0 spiro atoms. The van der Waals surface area contributed by atoms with Gasteiger partial charge in [0.2, 0.25) is 0 Å². The molecule has 2 aromatic rings. The van der Waals surface area contributed by atoms with E-state index in [1.165, 1.54) is 6.92 Å². The Morgan fingerprint density at radius 1 is 0.927 bits per heavy atom. The molecule has 2 aliphatic rings. The highest BCUT2D eigenvalue weighted by molar-refractivity contribution is 6.12. The summed E-state index contributed by atoms with van der Waals surface area (Å²) in [5.74, 6) is -0.599. The van der Waals surface area contributed by atoms with Gasteiger partial charge in [-0.1, -0.05) is 12.1 Å². The molecule has 1 fully saturated rings. The number of methoxy groups -OCH3 is 2. The Labute approximate surface area is 240 Å². The maximum absolute atomic E-state index is 14.0. The van der Waals surface area contributed by atoms with Gasteiger partial charge < -0.3 is 23.7 Å². The number of allylic oxidation sites excluding steroid dienone is 1. The third-order valence-electron chi connectivity index (χ3n) is 7.28. The van der Waals surface area contributed by atoms with E-state index in [4.69, 9.17) is 28.7 Å². The fourth-order valence-corrected chi connectivity index (χ4v) is 5.65. The minimum Gasteiger partial charge on any atom is -0.493 e. The van der Waals surface area contributed by atoms with Crippen molar-refractivity contribution >= 4 is 23.4 Å². The van der Waals surface area contributed by atoms with Crippen LogP contribution in [0.3, 0.4) is 0 Å². The first kappa shape index (κ1) is 29.8. The Morgan fingerprint density at radius 3 is 2.22 bits per heavy atom. The summed E-state index contributed by atoms with van der Waals surface area (Å²) in [6.07, 6.45) is 0.455. The number of carbonyl (C=O) groups excluding carboxylic acids is 3. The highest BCUT2D eigenvalue weighted by atomic mass is 16.6. The van der Waals surface area contributed by atoms with E-state index in [9.17, 15) is 14.4 Å². The van der Waals surface area contributed by atoms with Gasteiger partial charge >= 0.3 is 11.9 Å². The first-order chi connectivity index (χ1) is 19.6. The summed E-state index contributed by atoms with van der Waals surface area (Å²) in [6.45, 7) is 8.80. The lowest BCUT2D eigenvalue weighted by molar-refractivity contribution is -0.143. The summed E-state index contributed by atoms with van der Waals surface area (Å²) in [5, 5.41) is 0. The molecule has 1 unspecified atom stereocenters. The van der Waals surface area contributed by atoms with Gasteiger partial charge in [0.25, 0.3) is 0 Å². The second-order valence-corrected chi connectivity index (χ2v) is 10.4. The van der Waals surface area contributed by atoms with E-state index in [1.54, 1.807) is 53.2 Å². The van der Waals surface area contributed by atoms with E-state index in [2.05, 4.69) is 0 Å². The molecule has 1 heterocycles. The summed E-state index contributed by atoms with van der Waals surface area (Å²) in [5.41, 5.74) is 3.19. The Morgan fingerprint density at radius 2 is 1.59 bits per heavy atom. The number of rotatable bonds is 9. The van der Waals surface area contributed by atoms with Crippen molar-refractivity contribution in [2.24, 2.45) is 10.9 Å². The molecule has 1 aliphatic carbocycles. The van der Waals surface area contributed by atoms with E-state index in [0.717, 1.165) is 5.56 Å². The van der Waals surface area contributed by atoms with E-state index >= 15 is 0 Å². The van der Waals surface area contributed by atoms with Crippen LogP contribution in [0.5, 0.6) is 23.0 Å². The lowest BCUT2D eigenvalue weighted by Gasteiger charge is -2.38. The summed E-state index contributed by atoms with van der Waals surface area (Å²) < 4.78 is 27.6. The zero-order valence-corrected chi connectivity index (χ0v) is 24.6. The number of hydrogen-bond acceptors (Lipinski definition) is 9. The quantitative estimate of drug-likeness (QED) is 0.288.